The van der Waals surface area contributed by atoms with Gasteiger partial charge in [-0.3, -0.25) is 20.4 Å². The van der Waals surface area contributed by atoms with Crippen molar-refractivity contribution in [3.63, 3.8) is 0 Å². The molecule has 2 aromatic carbocycles. The molecule has 0 radical (unpaired) electrons. The van der Waals surface area contributed by atoms with Crippen molar-refractivity contribution < 1.29 is 19.1 Å². The lowest BCUT2D eigenvalue weighted by Gasteiger charge is -2.13. The average Bonchev–Trinajstić information content (AvgIpc) is 2.73. The maximum atomic E-state index is 11.9. The van der Waals surface area contributed by atoms with Gasteiger partial charge in [0.1, 0.15) is 0 Å². The zero-order chi connectivity index (χ0) is 21.1. The molecule has 2 rings (SSSR count). The second-order valence-electron chi connectivity index (χ2n) is 5.57. The van der Waals surface area contributed by atoms with E-state index in [1.807, 2.05) is 18.2 Å². The Bertz CT molecular complexity index is 878. The van der Waals surface area contributed by atoms with Gasteiger partial charge in [0.2, 0.25) is 11.8 Å². The summed E-state index contributed by atoms with van der Waals surface area (Å²) in [5.41, 5.74) is 6.43. The topological polar surface area (TPSA) is 109 Å². The smallest absolute Gasteiger partial charge is 0.339 e. The Kier molecular flexibility index (Phi) is 8.93. The van der Waals surface area contributed by atoms with Crippen LogP contribution in [-0.4, -0.2) is 41.5 Å². The van der Waals surface area contributed by atoms with Crippen molar-refractivity contribution in [1.29, 1.82) is 0 Å². The summed E-state index contributed by atoms with van der Waals surface area (Å²) in [4.78, 5) is 35.4. The second-order valence-corrected chi connectivity index (χ2v) is 6.97. The Hall–Kier alpha value is -3.11. The molecule has 152 valence electrons. The molecule has 0 fully saturated rings. The van der Waals surface area contributed by atoms with Crippen molar-refractivity contribution in [2.24, 2.45) is 0 Å². The number of ether oxygens (including phenoxy) is 1. The van der Waals surface area contributed by atoms with Gasteiger partial charge >= 0.3 is 5.97 Å². The number of methoxy groups -OCH3 is 1. The zero-order valence-corrected chi connectivity index (χ0v) is 17.2. The number of anilines is 2. The highest BCUT2D eigenvalue weighted by Crippen LogP contribution is 2.15. The van der Waals surface area contributed by atoms with E-state index in [0.29, 0.717) is 16.9 Å². The second kappa shape index (κ2) is 11.7. The summed E-state index contributed by atoms with van der Waals surface area (Å²) >= 11 is 6.27. The van der Waals surface area contributed by atoms with E-state index in [-0.39, 0.29) is 28.4 Å². The molecule has 0 aromatic heterocycles. The van der Waals surface area contributed by atoms with Crippen molar-refractivity contribution in [2.45, 2.75) is 0 Å². The summed E-state index contributed by atoms with van der Waals surface area (Å²) in [5.74, 6) is -0.856. The number of carbonyl (C=O) groups is 3. The summed E-state index contributed by atoms with van der Waals surface area (Å²) in [6.07, 6.45) is 0. The number of amides is 2. The van der Waals surface area contributed by atoms with Gasteiger partial charge < -0.3 is 15.4 Å². The summed E-state index contributed by atoms with van der Waals surface area (Å²) in [6.45, 7) is 0. The van der Waals surface area contributed by atoms with Crippen LogP contribution in [-0.2, 0) is 14.3 Å². The summed E-state index contributed by atoms with van der Waals surface area (Å²) < 4.78 is 4.71. The predicted octanol–water partition coefficient (Wildman–Crippen LogP) is 2.16. The van der Waals surface area contributed by atoms with Crippen LogP contribution in [0.2, 0.25) is 0 Å². The third kappa shape index (κ3) is 7.80. The van der Waals surface area contributed by atoms with E-state index in [1.165, 1.54) is 7.11 Å². The van der Waals surface area contributed by atoms with Crippen molar-refractivity contribution in [2.75, 3.05) is 29.2 Å². The van der Waals surface area contributed by atoms with Crippen LogP contribution in [0.4, 0.5) is 11.4 Å². The number of hydrogen-bond donors (Lipinski definition) is 4. The molecule has 0 aliphatic carbocycles. The molecule has 29 heavy (non-hydrogen) atoms. The first-order chi connectivity index (χ1) is 14.0. The number of para-hydroxylation sites is 2. The van der Waals surface area contributed by atoms with E-state index in [9.17, 15) is 14.4 Å². The predicted molar refractivity (Wildman–Crippen MR) is 118 cm³/mol. The quantitative estimate of drug-likeness (QED) is 0.300. The normalized spacial score (nSPS) is 9.83. The Morgan fingerprint density at radius 3 is 2.28 bits per heavy atom. The minimum Gasteiger partial charge on any atom is -0.465 e. The molecule has 4 N–H and O–H groups in total. The summed E-state index contributed by atoms with van der Waals surface area (Å²) in [7, 11) is 1.29. The monoisotopic (exact) mass is 432 g/mol. The molecular weight excluding hydrogens is 412 g/mol. The van der Waals surface area contributed by atoms with Gasteiger partial charge in [-0.05, 0) is 36.5 Å². The van der Waals surface area contributed by atoms with Crippen LogP contribution in [0.5, 0.6) is 0 Å². The lowest BCUT2D eigenvalue weighted by molar-refractivity contribution is -0.119. The molecule has 0 heterocycles. The molecule has 0 spiro atoms. The van der Waals surface area contributed by atoms with E-state index in [2.05, 4.69) is 21.5 Å². The van der Waals surface area contributed by atoms with Crippen molar-refractivity contribution in [3.05, 3.63) is 60.2 Å². The van der Waals surface area contributed by atoms with Gasteiger partial charge in [0.25, 0.3) is 0 Å². The first kappa shape index (κ1) is 22.2. The van der Waals surface area contributed by atoms with E-state index < -0.39 is 5.97 Å². The van der Waals surface area contributed by atoms with Gasteiger partial charge in [0.15, 0.2) is 5.11 Å². The van der Waals surface area contributed by atoms with Crippen molar-refractivity contribution >= 4 is 58.3 Å². The first-order valence-electron chi connectivity index (χ1n) is 8.45. The fourth-order valence-electron chi connectivity index (χ4n) is 2.15. The van der Waals surface area contributed by atoms with Crippen LogP contribution in [0, 0.1) is 0 Å². The fraction of sp³-hybridized carbons (Fsp3) is 0.158. The highest BCUT2D eigenvalue weighted by Gasteiger charge is 2.12. The standard InChI is InChI=1S/C19H20N4O4S2/c1-27-18(26)14-9-5-6-10-15(14)21-19(28)23-22-17(25)12-29-11-16(24)20-13-7-3-2-4-8-13/h2-10H,11-12H2,1H3,(H,20,24)(H,22,25)(H2,21,23,28). The molecule has 0 unspecified atom stereocenters. The molecular formula is C19H20N4O4S2. The highest BCUT2D eigenvalue weighted by atomic mass is 32.2. The Morgan fingerprint density at radius 2 is 1.55 bits per heavy atom. The average molecular weight is 433 g/mol. The molecule has 2 aromatic rings. The minimum absolute atomic E-state index is 0.0660. The van der Waals surface area contributed by atoms with Crippen LogP contribution < -0.4 is 21.5 Å². The van der Waals surface area contributed by atoms with E-state index in [4.69, 9.17) is 17.0 Å². The van der Waals surface area contributed by atoms with E-state index in [1.54, 1.807) is 36.4 Å². The molecule has 0 saturated heterocycles. The van der Waals surface area contributed by atoms with Gasteiger partial charge in [0.05, 0.1) is 29.9 Å². The van der Waals surface area contributed by atoms with Crippen LogP contribution in [0.3, 0.4) is 0 Å². The van der Waals surface area contributed by atoms with Gasteiger partial charge in [-0.25, -0.2) is 4.79 Å². The minimum atomic E-state index is -0.509. The number of hydrazine groups is 1. The number of esters is 1. The zero-order valence-electron chi connectivity index (χ0n) is 15.6. The van der Waals surface area contributed by atoms with Crippen LogP contribution >= 0.6 is 24.0 Å². The third-order valence-electron chi connectivity index (χ3n) is 3.42. The summed E-state index contributed by atoms with van der Waals surface area (Å²) in [5, 5.41) is 5.65. The van der Waals surface area contributed by atoms with Gasteiger partial charge in [0, 0.05) is 5.69 Å². The first-order valence-corrected chi connectivity index (χ1v) is 10.0. The number of rotatable bonds is 7. The number of thiocarbonyl (C=S) groups is 1. The molecule has 0 atom stereocenters. The maximum absolute atomic E-state index is 11.9. The van der Waals surface area contributed by atoms with Gasteiger partial charge in [-0.1, -0.05) is 30.3 Å². The number of benzene rings is 2. The third-order valence-corrected chi connectivity index (χ3v) is 4.56. The Balaban J connectivity index is 1.69. The summed E-state index contributed by atoms with van der Waals surface area (Å²) in [6, 6.07) is 15.7. The molecule has 2 amide bonds. The van der Waals surface area contributed by atoms with Crippen LogP contribution in [0.15, 0.2) is 54.6 Å². The Labute approximate surface area is 177 Å². The molecule has 10 heteroatoms. The molecule has 0 saturated carbocycles. The molecule has 0 aliphatic heterocycles. The van der Waals surface area contributed by atoms with Crippen LogP contribution in [0.25, 0.3) is 0 Å². The van der Waals surface area contributed by atoms with Crippen LogP contribution in [0.1, 0.15) is 10.4 Å². The molecule has 8 nitrogen and oxygen atoms in total. The maximum Gasteiger partial charge on any atom is 0.339 e. The van der Waals surface area contributed by atoms with Gasteiger partial charge in [-0.2, -0.15) is 0 Å². The van der Waals surface area contributed by atoms with Gasteiger partial charge in [-0.15, -0.1) is 11.8 Å². The lowest BCUT2D eigenvalue weighted by atomic mass is 10.2. The largest absolute Gasteiger partial charge is 0.465 e. The number of thioether (sulfide) groups is 1. The van der Waals surface area contributed by atoms with E-state index >= 15 is 0 Å². The Morgan fingerprint density at radius 1 is 0.897 bits per heavy atom. The van der Waals surface area contributed by atoms with Crippen molar-refractivity contribution in [1.82, 2.24) is 10.9 Å². The number of nitrogens with one attached hydrogen (secondary N) is 4. The molecule has 0 bridgehead atoms. The van der Waals surface area contributed by atoms with Crippen molar-refractivity contribution in [3.8, 4) is 0 Å². The fourth-order valence-corrected chi connectivity index (χ4v) is 2.93. The highest BCUT2D eigenvalue weighted by molar-refractivity contribution is 8.00. The number of hydrogen-bond acceptors (Lipinski definition) is 6. The van der Waals surface area contributed by atoms with E-state index in [0.717, 1.165) is 11.8 Å². The number of carbonyl (C=O) groups excluding carboxylic acids is 3. The SMILES string of the molecule is COC(=O)c1ccccc1NC(=S)NNC(=O)CSCC(=O)Nc1ccccc1. The molecule has 0 aliphatic rings. The lowest BCUT2D eigenvalue weighted by Crippen LogP contribution is -2.44.